The summed E-state index contributed by atoms with van der Waals surface area (Å²) in [5, 5.41) is 9.44. The van der Waals surface area contributed by atoms with E-state index in [1.807, 2.05) is 6.08 Å². The number of ether oxygens (including phenoxy) is 1. The Bertz CT molecular complexity index is 375. The third-order valence-electron chi connectivity index (χ3n) is 1.97. The maximum absolute atomic E-state index is 9.44. The van der Waals surface area contributed by atoms with Crippen molar-refractivity contribution < 1.29 is 9.84 Å². The summed E-state index contributed by atoms with van der Waals surface area (Å²) >= 11 is 0. The molecule has 1 aliphatic heterocycles. The number of rotatable bonds is 0. The van der Waals surface area contributed by atoms with Crippen molar-refractivity contribution in [2.45, 2.75) is 6.42 Å². The monoisotopic (exact) mass is 178 g/mol. The van der Waals surface area contributed by atoms with Crippen LogP contribution in [-0.4, -0.2) is 5.11 Å². The second-order valence-electron chi connectivity index (χ2n) is 2.90. The van der Waals surface area contributed by atoms with E-state index >= 15 is 0 Å². The summed E-state index contributed by atoms with van der Waals surface area (Å²) in [7, 11) is 0. The van der Waals surface area contributed by atoms with Gasteiger partial charge in [-0.15, -0.1) is 0 Å². The van der Waals surface area contributed by atoms with Gasteiger partial charge < -0.3 is 21.3 Å². The Morgan fingerprint density at radius 2 is 2.15 bits per heavy atom. The molecule has 0 saturated heterocycles. The van der Waals surface area contributed by atoms with Gasteiger partial charge in [0.1, 0.15) is 0 Å². The van der Waals surface area contributed by atoms with Gasteiger partial charge in [0.05, 0.1) is 0 Å². The van der Waals surface area contributed by atoms with Crippen LogP contribution in [0.15, 0.2) is 46.9 Å². The molecule has 2 rings (SSSR count). The molecule has 0 fully saturated rings. The van der Waals surface area contributed by atoms with Crippen LogP contribution in [0, 0.1) is 0 Å². The minimum Gasteiger partial charge on any atom is -0.504 e. The fourth-order valence-corrected chi connectivity index (χ4v) is 1.36. The molecule has 0 aromatic carbocycles. The quantitative estimate of drug-likeness (QED) is 0.511. The zero-order valence-electron chi connectivity index (χ0n) is 6.95. The first kappa shape index (κ1) is 7.79. The zero-order valence-corrected chi connectivity index (χ0v) is 6.95. The second-order valence-corrected chi connectivity index (χ2v) is 2.90. The maximum atomic E-state index is 9.44. The average molecular weight is 178 g/mol. The maximum Gasteiger partial charge on any atom is 0.193 e. The molecule has 0 spiro atoms. The van der Waals surface area contributed by atoms with Gasteiger partial charge in [-0.3, -0.25) is 0 Å². The highest BCUT2D eigenvalue weighted by atomic mass is 16.5. The van der Waals surface area contributed by atoms with Crippen LogP contribution in [0.5, 0.6) is 0 Å². The Morgan fingerprint density at radius 1 is 1.38 bits per heavy atom. The van der Waals surface area contributed by atoms with Crippen molar-refractivity contribution in [2.75, 3.05) is 0 Å². The van der Waals surface area contributed by atoms with E-state index in [1.165, 1.54) is 0 Å². The van der Waals surface area contributed by atoms with Crippen molar-refractivity contribution in [3.05, 3.63) is 46.9 Å². The predicted molar refractivity (Wildman–Crippen MR) is 48.0 cm³/mol. The first-order chi connectivity index (χ1) is 6.18. The number of aliphatic hydroxyl groups is 1. The smallest absolute Gasteiger partial charge is 0.193 e. The van der Waals surface area contributed by atoms with Crippen LogP contribution >= 0.6 is 0 Å². The number of hydrogen-bond acceptors (Lipinski definition) is 4. The van der Waals surface area contributed by atoms with Crippen molar-refractivity contribution in [3.63, 3.8) is 0 Å². The van der Waals surface area contributed by atoms with Gasteiger partial charge in [-0.1, -0.05) is 6.08 Å². The van der Waals surface area contributed by atoms with E-state index in [1.54, 1.807) is 12.2 Å². The third kappa shape index (κ3) is 1.16. The summed E-state index contributed by atoms with van der Waals surface area (Å²) in [6, 6.07) is 0. The molecule has 0 saturated carbocycles. The van der Waals surface area contributed by atoms with Crippen LogP contribution in [0.4, 0.5) is 0 Å². The highest BCUT2D eigenvalue weighted by Gasteiger charge is 2.21. The first-order valence-electron chi connectivity index (χ1n) is 3.92. The number of allylic oxidation sites excluding steroid dienone is 4. The molecular formula is C9H10N2O2. The van der Waals surface area contributed by atoms with Crippen molar-refractivity contribution in [2.24, 2.45) is 11.5 Å². The predicted octanol–water partition coefficient (Wildman–Crippen LogP) is 0.759. The zero-order chi connectivity index (χ0) is 9.42. The van der Waals surface area contributed by atoms with Crippen LogP contribution in [0.25, 0.3) is 0 Å². The fraction of sp³-hybridized carbons (Fsp3) is 0.111. The summed E-state index contributed by atoms with van der Waals surface area (Å²) < 4.78 is 5.15. The van der Waals surface area contributed by atoms with Crippen LogP contribution in [0.3, 0.4) is 0 Å². The van der Waals surface area contributed by atoms with Gasteiger partial charge >= 0.3 is 0 Å². The number of aliphatic hydroxyl groups excluding tert-OH is 1. The van der Waals surface area contributed by atoms with Gasteiger partial charge in [-0.2, -0.15) is 0 Å². The molecule has 1 aliphatic carbocycles. The Kier molecular flexibility index (Phi) is 1.55. The third-order valence-corrected chi connectivity index (χ3v) is 1.97. The number of hydrogen-bond donors (Lipinski definition) is 3. The number of nitrogens with two attached hydrogens (primary N) is 2. The minimum absolute atomic E-state index is 0.0697. The molecular weight excluding hydrogens is 168 g/mol. The molecule has 0 aromatic rings. The van der Waals surface area contributed by atoms with Gasteiger partial charge in [0, 0.05) is 17.3 Å². The van der Waals surface area contributed by atoms with Gasteiger partial charge in [0.25, 0.3) is 0 Å². The van der Waals surface area contributed by atoms with Crippen molar-refractivity contribution in [3.8, 4) is 0 Å². The van der Waals surface area contributed by atoms with Gasteiger partial charge in [0.15, 0.2) is 17.4 Å². The average Bonchev–Trinajstić information content (AvgIpc) is 2.07. The van der Waals surface area contributed by atoms with E-state index in [0.29, 0.717) is 17.9 Å². The molecule has 0 bridgehead atoms. The minimum atomic E-state index is 0.0697. The Morgan fingerprint density at radius 3 is 2.92 bits per heavy atom. The van der Waals surface area contributed by atoms with E-state index in [9.17, 15) is 5.11 Å². The lowest BCUT2D eigenvalue weighted by atomic mass is 10.0. The summed E-state index contributed by atoms with van der Waals surface area (Å²) in [5.74, 6) is 0.651. The van der Waals surface area contributed by atoms with E-state index in [2.05, 4.69) is 0 Å². The topological polar surface area (TPSA) is 81.5 Å². The summed E-state index contributed by atoms with van der Waals surface area (Å²) in [5.41, 5.74) is 12.5. The Hall–Kier alpha value is -1.84. The molecule has 5 N–H and O–H groups in total. The molecule has 0 amide bonds. The SMILES string of the molecule is NC1=CC(N)=C2CC=CC(O)=C2O1. The van der Waals surface area contributed by atoms with E-state index < -0.39 is 0 Å². The first-order valence-corrected chi connectivity index (χ1v) is 3.92. The normalized spacial score (nSPS) is 21.1. The molecule has 0 unspecified atom stereocenters. The summed E-state index contributed by atoms with van der Waals surface area (Å²) in [6.45, 7) is 0. The van der Waals surface area contributed by atoms with Gasteiger partial charge in [-0.05, 0) is 12.5 Å². The molecule has 0 aromatic heterocycles. The molecule has 2 aliphatic rings. The Labute approximate surface area is 75.5 Å². The molecule has 4 heteroatoms. The molecule has 4 nitrogen and oxygen atoms in total. The second kappa shape index (κ2) is 2.58. The fourth-order valence-electron chi connectivity index (χ4n) is 1.36. The van der Waals surface area contributed by atoms with E-state index in [-0.39, 0.29) is 11.6 Å². The van der Waals surface area contributed by atoms with Crippen molar-refractivity contribution in [1.29, 1.82) is 0 Å². The lowest BCUT2D eigenvalue weighted by Crippen LogP contribution is -2.17. The molecule has 1 heterocycles. The van der Waals surface area contributed by atoms with Crippen molar-refractivity contribution >= 4 is 0 Å². The lowest BCUT2D eigenvalue weighted by Gasteiger charge is -2.21. The van der Waals surface area contributed by atoms with Crippen LogP contribution < -0.4 is 11.5 Å². The number of fused-ring (bicyclic) bond motifs is 1. The molecule has 68 valence electrons. The van der Waals surface area contributed by atoms with Crippen LogP contribution in [0.2, 0.25) is 0 Å². The molecule has 0 atom stereocenters. The van der Waals surface area contributed by atoms with Crippen LogP contribution in [-0.2, 0) is 4.74 Å². The Balaban J connectivity index is 2.54. The highest BCUT2D eigenvalue weighted by Crippen LogP contribution is 2.30. The standard InChI is InChI=1S/C9H10N2O2/c10-6-4-8(11)13-9-5(6)2-1-3-7(9)12/h1,3-4,12H,2,10-11H2. The molecule has 13 heavy (non-hydrogen) atoms. The largest absolute Gasteiger partial charge is 0.504 e. The van der Waals surface area contributed by atoms with Gasteiger partial charge in [0.2, 0.25) is 0 Å². The highest BCUT2D eigenvalue weighted by molar-refractivity contribution is 5.46. The summed E-state index contributed by atoms with van der Waals surface area (Å²) in [4.78, 5) is 0. The van der Waals surface area contributed by atoms with E-state index in [4.69, 9.17) is 16.2 Å². The van der Waals surface area contributed by atoms with E-state index in [0.717, 1.165) is 5.57 Å². The van der Waals surface area contributed by atoms with Crippen molar-refractivity contribution in [1.82, 2.24) is 0 Å². The summed E-state index contributed by atoms with van der Waals surface area (Å²) in [6.07, 6.45) is 5.60. The van der Waals surface area contributed by atoms with Crippen LogP contribution in [0.1, 0.15) is 6.42 Å². The van der Waals surface area contributed by atoms with Gasteiger partial charge in [-0.25, -0.2) is 0 Å². The lowest BCUT2D eigenvalue weighted by molar-refractivity contribution is 0.268. The molecule has 0 radical (unpaired) electrons.